The van der Waals surface area contributed by atoms with Crippen molar-refractivity contribution in [1.29, 1.82) is 0 Å². The van der Waals surface area contributed by atoms with Crippen LogP contribution in [0, 0.1) is 6.92 Å². The largest absolute Gasteiger partial charge is 0.350 e. The second-order valence-electron chi connectivity index (χ2n) is 6.68. The highest BCUT2D eigenvalue weighted by atomic mass is 16.2. The van der Waals surface area contributed by atoms with Gasteiger partial charge in [0.25, 0.3) is 5.91 Å². The van der Waals surface area contributed by atoms with Crippen molar-refractivity contribution in [3.8, 4) is 0 Å². The third kappa shape index (κ3) is 2.88. The maximum absolute atomic E-state index is 12.3. The van der Waals surface area contributed by atoms with E-state index in [1.54, 1.807) is 0 Å². The number of fused-ring (bicyclic) bond motifs is 1. The van der Waals surface area contributed by atoms with E-state index in [4.69, 9.17) is 5.84 Å². The van der Waals surface area contributed by atoms with Crippen molar-refractivity contribution in [2.45, 2.75) is 59.0 Å². The van der Waals surface area contributed by atoms with Gasteiger partial charge in [0.2, 0.25) is 0 Å². The molecule has 0 radical (unpaired) electrons. The fraction of sp³-hybridized carbons (Fsp3) is 0.500. The molecule has 0 saturated heterocycles. The van der Waals surface area contributed by atoms with Crippen molar-refractivity contribution in [2.75, 3.05) is 4.90 Å². The van der Waals surface area contributed by atoms with Crippen LogP contribution in [0.4, 0.5) is 5.69 Å². The first-order valence-corrected chi connectivity index (χ1v) is 7.92. The van der Waals surface area contributed by atoms with Gasteiger partial charge < -0.3 is 4.90 Å². The number of carbonyl (C=O) groups excluding carboxylic acids is 1. The monoisotopic (exact) mass is 301 g/mol. The van der Waals surface area contributed by atoms with Crippen LogP contribution >= 0.6 is 0 Å². The average molecular weight is 301 g/mol. The minimum Gasteiger partial charge on any atom is -0.350 e. The quantitative estimate of drug-likeness (QED) is 0.510. The fourth-order valence-electron chi connectivity index (χ4n) is 3.48. The van der Waals surface area contributed by atoms with Gasteiger partial charge in [-0.1, -0.05) is 31.1 Å². The topological polar surface area (TPSA) is 58.4 Å². The van der Waals surface area contributed by atoms with Gasteiger partial charge >= 0.3 is 0 Å². The second kappa shape index (κ2) is 6.13. The summed E-state index contributed by atoms with van der Waals surface area (Å²) < 4.78 is 0. The predicted octanol–water partition coefficient (Wildman–Crippen LogP) is 3.16. The van der Waals surface area contributed by atoms with Crippen molar-refractivity contribution in [2.24, 2.45) is 5.84 Å². The zero-order chi connectivity index (χ0) is 16.5. The van der Waals surface area contributed by atoms with E-state index in [2.05, 4.69) is 69.2 Å². The normalized spacial score (nSPS) is 17.5. The van der Waals surface area contributed by atoms with E-state index < -0.39 is 0 Å². The third-order valence-corrected chi connectivity index (χ3v) is 4.35. The Morgan fingerprint density at radius 3 is 2.64 bits per heavy atom. The van der Waals surface area contributed by atoms with Gasteiger partial charge in [0.05, 0.1) is 5.54 Å². The van der Waals surface area contributed by atoms with E-state index >= 15 is 0 Å². The van der Waals surface area contributed by atoms with Crippen LogP contribution in [0.5, 0.6) is 0 Å². The van der Waals surface area contributed by atoms with E-state index in [1.165, 1.54) is 16.7 Å². The summed E-state index contributed by atoms with van der Waals surface area (Å²) >= 11 is 0. The molecule has 2 rings (SSSR count). The number of nitrogens with zero attached hydrogens (tertiary/aromatic N) is 1. The van der Waals surface area contributed by atoms with Crippen molar-refractivity contribution in [3.05, 3.63) is 35.4 Å². The van der Waals surface area contributed by atoms with Crippen molar-refractivity contribution >= 4 is 17.2 Å². The number of anilines is 1. The second-order valence-corrected chi connectivity index (χ2v) is 6.68. The molecule has 0 bridgehead atoms. The first kappa shape index (κ1) is 16.6. The Kier molecular flexibility index (Phi) is 4.61. The van der Waals surface area contributed by atoms with E-state index in [9.17, 15) is 4.79 Å². The van der Waals surface area contributed by atoms with Crippen LogP contribution in [0.3, 0.4) is 0 Å². The number of carbonyl (C=O) groups is 1. The van der Waals surface area contributed by atoms with Crippen molar-refractivity contribution in [1.82, 2.24) is 5.43 Å². The van der Waals surface area contributed by atoms with Gasteiger partial charge in [-0.05, 0) is 51.8 Å². The van der Waals surface area contributed by atoms with Crippen LogP contribution in [0.15, 0.2) is 24.3 Å². The lowest BCUT2D eigenvalue weighted by Crippen LogP contribution is -2.57. The Bertz CT molecular complexity index is 604. The van der Waals surface area contributed by atoms with Gasteiger partial charge in [-0.2, -0.15) is 0 Å². The van der Waals surface area contributed by atoms with E-state index in [1.807, 2.05) is 0 Å². The van der Waals surface area contributed by atoms with Gasteiger partial charge in [-0.25, -0.2) is 5.84 Å². The molecule has 1 aliphatic rings. The molecule has 1 aromatic rings. The minimum atomic E-state index is -0.268. The maximum Gasteiger partial charge on any atom is 0.256 e. The van der Waals surface area contributed by atoms with E-state index in [-0.39, 0.29) is 17.5 Å². The van der Waals surface area contributed by atoms with Gasteiger partial charge in [0, 0.05) is 11.3 Å². The SMILES string of the molecule is CCC[C@H](C(=O)NN)N1c2ccc(C)cc2C(C)=CC1(C)C. The standard InChI is InChI=1S/C18H27N3O/c1-6-7-16(17(22)20-19)21-15-9-8-12(2)10-14(15)13(3)11-18(21,4)5/h8-11,16H,6-7,19H2,1-5H3,(H,20,22)/t16-/m1/s1. The molecule has 4 heteroatoms. The molecule has 0 aliphatic carbocycles. The summed E-state index contributed by atoms with van der Waals surface area (Å²) in [7, 11) is 0. The third-order valence-electron chi connectivity index (χ3n) is 4.35. The molecule has 0 aromatic heterocycles. The molecule has 1 aliphatic heterocycles. The Morgan fingerprint density at radius 1 is 1.36 bits per heavy atom. The molecule has 1 aromatic carbocycles. The van der Waals surface area contributed by atoms with E-state index in [0.717, 1.165) is 18.5 Å². The molecule has 0 saturated carbocycles. The molecule has 1 amide bonds. The summed E-state index contributed by atoms with van der Waals surface area (Å²) in [6.45, 7) is 10.6. The zero-order valence-electron chi connectivity index (χ0n) is 14.2. The number of nitrogens with two attached hydrogens (primary N) is 1. The molecule has 22 heavy (non-hydrogen) atoms. The van der Waals surface area contributed by atoms with Crippen LogP contribution < -0.4 is 16.2 Å². The number of hydrogen-bond donors (Lipinski definition) is 2. The predicted molar refractivity (Wildman–Crippen MR) is 92.4 cm³/mol. The number of hydrogen-bond acceptors (Lipinski definition) is 3. The number of hydrazine groups is 1. The number of benzene rings is 1. The molecular weight excluding hydrogens is 274 g/mol. The molecule has 120 valence electrons. The molecular formula is C18H27N3O. The Morgan fingerprint density at radius 2 is 2.05 bits per heavy atom. The molecule has 1 heterocycles. The summed E-state index contributed by atoms with van der Waals surface area (Å²) in [5.41, 5.74) is 6.88. The molecule has 0 spiro atoms. The summed E-state index contributed by atoms with van der Waals surface area (Å²) in [5.74, 6) is 5.30. The highest BCUT2D eigenvalue weighted by molar-refractivity contribution is 5.89. The summed E-state index contributed by atoms with van der Waals surface area (Å²) in [5, 5.41) is 0. The molecule has 0 unspecified atom stereocenters. The highest BCUT2D eigenvalue weighted by Crippen LogP contribution is 2.41. The van der Waals surface area contributed by atoms with Gasteiger partial charge in [-0.3, -0.25) is 10.2 Å². The van der Waals surface area contributed by atoms with Crippen LogP contribution in [-0.2, 0) is 4.79 Å². The summed E-state index contributed by atoms with van der Waals surface area (Å²) in [6, 6.07) is 6.14. The smallest absolute Gasteiger partial charge is 0.256 e. The Hall–Kier alpha value is -1.81. The van der Waals surface area contributed by atoms with Crippen LogP contribution in [0.1, 0.15) is 51.7 Å². The van der Waals surface area contributed by atoms with Crippen LogP contribution in [0.25, 0.3) is 5.57 Å². The van der Waals surface area contributed by atoms with E-state index in [0.29, 0.717) is 0 Å². The number of allylic oxidation sites excluding steroid dienone is 1. The first-order chi connectivity index (χ1) is 10.3. The Balaban J connectivity index is 2.60. The highest BCUT2D eigenvalue weighted by Gasteiger charge is 2.38. The molecule has 1 atom stereocenters. The lowest BCUT2D eigenvalue weighted by atomic mass is 9.86. The molecule has 0 fully saturated rings. The lowest BCUT2D eigenvalue weighted by molar-refractivity contribution is -0.122. The van der Waals surface area contributed by atoms with Crippen LogP contribution in [0.2, 0.25) is 0 Å². The van der Waals surface area contributed by atoms with Crippen molar-refractivity contribution in [3.63, 3.8) is 0 Å². The minimum absolute atomic E-state index is 0.130. The summed E-state index contributed by atoms with van der Waals surface area (Å²) in [6.07, 6.45) is 3.93. The number of nitrogens with one attached hydrogen (secondary N) is 1. The average Bonchev–Trinajstić information content (AvgIpc) is 2.45. The number of aryl methyl sites for hydroxylation is 1. The van der Waals surface area contributed by atoms with Gasteiger partial charge in [0.1, 0.15) is 6.04 Å². The lowest BCUT2D eigenvalue weighted by Gasteiger charge is -2.47. The number of amides is 1. The number of rotatable bonds is 4. The zero-order valence-corrected chi connectivity index (χ0v) is 14.2. The summed E-state index contributed by atoms with van der Waals surface area (Å²) in [4.78, 5) is 14.6. The fourth-order valence-corrected chi connectivity index (χ4v) is 3.48. The molecule has 4 nitrogen and oxygen atoms in total. The molecule has 3 N–H and O–H groups in total. The first-order valence-electron chi connectivity index (χ1n) is 7.92. The van der Waals surface area contributed by atoms with Crippen LogP contribution in [-0.4, -0.2) is 17.5 Å². The maximum atomic E-state index is 12.3. The van der Waals surface area contributed by atoms with Crippen molar-refractivity contribution < 1.29 is 4.79 Å². The Labute approximate surface area is 133 Å². The van der Waals surface area contributed by atoms with Gasteiger partial charge in [0.15, 0.2) is 0 Å². The van der Waals surface area contributed by atoms with Gasteiger partial charge in [-0.15, -0.1) is 0 Å².